The minimum atomic E-state index is -0.407. The highest BCUT2D eigenvalue weighted by Gasteiger charge is 2.11. The number of pyridine rings is 1. The molecule has 0 aliphatic rings. The Kier molecular flexibility index (Phi) is 4.14. The molecule has 1 aromatic heterocycles. The fourth-order valence-electron chi connectivity index (χ4n) is 1.74. The molecule has 0 fully saturated rings. The van der Waals surface area contributed by atoms with E-state index >= 15 is 0 Å². The average Bonchev–Trinajstić information content (AvgIpc) is 2.46. The van der Waals surface area contributed by atoms with E-state index in [-0.39, 0.29) is 5.69 Å². The molecule has 0 radical (unpaired) electrons. The summed E-state index contributed by atoms with van der Waals surface area (Å²) in [7, 11) is 1.61. The largest absolute Gasteiger partial charge is 0.497 e. The summed E-state index contributed by atoms with van der Waals surface area (Å²) >= 11 is 0. The summed E-state index contributed by atoms with van der Waals surface area (Å²) in [6.07, 6.45) is 1.49. The molecule has 0 saturated carbocycles. The Hall–Kier alpha value is -2.63. The van der Waals surface area contributed by atoms with Gasteiger partial charge >= 0.3 is 0 Å². The molecule has 1 aromatic carbocycles. The van der Waals surface area contributed by atoms with Crippen molar-refractivity contribution in [3.63, 3.8) is 0 Å². The van der Waals surface area contributed by atoms with Crippen LogP contribution in [0, 0.1) is 17.0 Å². The Morgan fingerprint density at radius 1 is 1.35 bits per heavy atom. The molecule has 1 N–H and O–H groups in total. The number of ether oxygens (including phenoxy) is 1. The van der Waals surface area contributed by atoms with E-state index in [9.17, 15) is 10.1 Å². The highest BCUT2D eigenvalue weighted by Crippen LogP contribution is 2.20. The molecule has 0 spiro atoms. The van der Waals surface area contributed by atoms with Crippen LogP contribution in [0.25, 0.3) is 0 Å². The lowest BCUT2D eigenvalue weighted by Crippen LogP contribution is -2.03. The third-order valence-electron chi connectivity index (χ3n) is 2.90. The number of aryl methyl sites for hydroxylation is 1. The molecular weight excluding hydrogens is 258 g/mol. The van der Waals surface area contributed by atoms with Crippen LogP contribution in [0.1, 0.15) is 11.1 Å². The van der Waals surface area contributed by atoms with Gasteiger partial charge in [0, 0.05) is 18.3 Å². The molecule has 0 amide bonds. The summed E-state index contributed by atoms with van der Waals surface area (Å²) in [5, 5.41) is 13.9. The molecule has 2 rings (SSSR count). The van der Waals surface area contributed by atoms with Crippen molar-refractivity contribution in [2.45, 2.75) is 13.5 Å². The van der Waals surface area contributed by atoms with Crippen LogP contribution in [-0.4, -0.2) is 17.0 Å². The summed E-state index contributed by atoms with van der Waals surface area (Å²) in [5.74, 6) is 1.27. The quantitative estimate of drug-likeness (QED) is 0.669. The number of rotatable bonds is 5. The van der Waals surface area contributed by atoms with Gasteiger partial charge in [-0.2, -0.15) is 0 Å². The summed E-state index contributed by atoms with van der Waals surface area (Å²) < 4.78 is 5.08. The van der Waals surface area contributed by atoms with Crippen molar-refractivity contribution in [3.05, 3.63) is 57.8 Å². The van der Waals surface area contributed by atoms with Gasteiger partial charge in [0.05, 0.1) is 18.1 Å². The Labute approximate surface area is 116 Å². The Bertz CT molecular complexity index is 612. The summed E-state index contributed by atoms with van der Waals surface area (Å²) in [4.78, 5) is 14.6. The predicted octanol–water partition coefficient (Wildman–Crippen LogP) is 2.92. The number of methoxy groups -OCH3 is 1. The van der Waals surface area contributed by atoms with Crippen LogP contribution >= 0.6 is 0 Å². The fraction of sp³-hybridized carbons (Fsp3) is 0.214. The molecule has 0 aliphatic heterocycles. The first-order valence-corrected chi connectivity index (χ1v) is 6.08. The Morgan fingerprint density at radius 2 is 2.05 bits per heavy atom. The highest BCUT2D eigenvalue weighted by atomic mass is 16.6. The van der Waals surface area contributed by atoms with Crippen molar-refractivity contribution < 1.29 is 9.66 Å². The van der Waals surface area contributed by atoms with Gasteiger partial charge in [0.1, 0.15) is 11.6 Å². The van der Waals surface area contributed by atoms with Gasteiger partial charge in [-0.25, -0.2) is 4.98 Å². The van der Waals surface area contributed by atoms with E-state index in [0.29, 0.717) is 17.9 Å². The van der Waals surface area contributed by atoms with Crippen molar-refractivity contribution in [1.82, 2.24) is 4.98 Å². The number of hydrogen-bond donors (Lipinski definition) is 1. The summed E-state index contributed by atoms with van der Waals surface area (Å²) in [6, 6.07) is 9.02. The second kappa shape index (κ2) is 6.01. The fourth-order valence-corrected chi connectivity index (χ4v) is 1.74. The van der Waals surface area contributed by atoms with Crippen LogP contribution in [0.2, 0.25) is 0 Å². The predicted molar refractivity (Wildman–Crippen MR) is 75.9 cm³/mol. The molecule has 0 atom stereocenters. The van der Waals surface area contributed by atoms with Crippen molar-refractivity contribution >= 4 is 11.5 Å². The number of hydrogen-bond acceptors (Lipinski definition) is 5. The molecular formula is C14H15N3O3. The van der Waals surface area contributed by atoms with Crippen molar-refractivity contribution in [2.75, 3.05) is 12.4 Å². The molecule has 0 saturated heterocycles. The van der Waals surface area contributed by atoms with E-state index in [1.807, 2.05) is 24.3 Å². The van der Waals surface area contributed by atoms with Crippen molar-refractivity contribution in [2.24, 2.45) is 0 Å². The van der Waals surface area contributed by atoms with Crippen LogP contribution < -0.4 is 10.1 Å². The third-order valence-corrected chi connectivity index (χ3v) is 2.90. The maximum Gasteiger partial charge on any atom is 0.277 e. The van der Waals surface area contributed by atoms with E-state index < -0.39 is 4.92 Å². The molecule has 1 heterocycles. The molecule has 6 heteroatoms. The Balaban J connectivity index is 2.06. The smallest absolute Gasteiger partial charge is 0.277 e. The minimum absolute atomic E-state index is 0.0669. The molecule has 6 nitrogen and oxygen atoms in total. The van der Waals surface area contributed by atoms with Crippen LogP contribution in [0.3, 0.4) is 0 Å². The van der Waals surface area contributed by atoms with Gasteiger partial charge in [-0.3, -0.25) is 10.1 Å². The van der Waals surface area contributed by atoms with E-state index in [2.05, 4.69) is 10.3 Å². The number of benzene rings is 1. The summed E-state index contributed by atoms with van der Waals surface area (Å²) in [6.45, 7) is 2.20. The first-order valence-electron chi connectivity index (χ1n) is 6.08. The van der Waals surface area contributed by atoms with Gasteiger partial charge in [0.25, 0.3) is 5.69 Å². The van der Waals surface area contributed by atoms with Crippen LogP contribution in [0.5, 0.6) is 5.75 Å². The summed E-state index contributed by atoms with van der Waals surface area (Å²) in [5.41, 5.74) is 1.65. The monoisotopic (exact) mass is 273 g/mol. The lowest BCUT2D eigenvalue weighted by atomic mass is 10.2. The van der Waals surface area contributed by atoms with Gasteiger partial charge in [-0.15, -0.1) is 0 Å². The standard InChI is InChI=1S/C14H15N3O3/c1-10-8-15-14(7-13(10)17(18)19)16-9-11-3-5-12(20-2)6-4-11/h3-8H,9H2,1-2H3,(H,15,16). The van der Waals surface area contributed by atoms with E-state index in [0.717, 1.165) is 11.3 Å². The number of nitro groups is 1. The first-order chi connectivity index (χ1) is 9.60. The van der Waals surface area contributed by atoms with E-state index in [1.165, 1.54) is 12.3 Å². The lowest BCUT2D eigenvalue weighted by Gasteiger charge is -2.07. The van der Waals surface area contributed by atoms with Gasteiger partial charge < -0.3 is 10.1 Å². The number of nitrogens with one attached hydrogen (secondary N) is 1. The minimum Gasteiger partial charge on any atom is -0.497 e. The van der Waals surface area contributed by atoms with Gasteiger partial charge in [0.15, 0.2) is 0 Å². The first kappa shape index (κ1) is 13.8. The van der Waals surface area contributed by atoms with Crippen LogP contribution in [0.15, 0.2) is 36.5 Å². The number of nitrogens with zero attached hydrogens (tertiary/aromatic N) is 2. The number of aromatic nitrogens is 1. The molecule has 2 aromatic rings. The average molecular weight is 273 g/mol. The topological polar surface area (TPSA) is 77.3 Å². The van der Waals surface area contributed by atoms with E-state index in [4.69, 9.17) is 4.74 Å². The SMILES string of the molecule is COc1ccc(CNc2cc([N+](=O)[O-])c(C)cn2)cc1. The molecule has 0 bridgehead atoms. The van der Waals surface area contributed by atoms with Gasteiger partial charge in [-0.05, 0) is 24.6 Å². The van der Waals surface area contributed by atoms with Crippen molar-refractivity contribution in [3.8, 4) is 5.75 Å². The second-order valence-corrected chi connectivity index (χ2v) is 4.31. The normalized spacial score (nSPS) is 10.1. The zero-order valence-corrected chi connectivity index (χ0v) is 11.3. The molecule has 20 heavy (non-hydrogen) atoms. The lowest BCUT2D eigenvalue weighted by molar-refractivity contribution is -0.385. The molecule has 0 unspecified atom stereocenters. The highest BCUT2D eigenvalue weighted by molar-refractivity contribution is 5.49. The van der Waals surface area contributed by atoms with Crippen molar-refractivity contribution in [1.29, 1.82) is 0 Å². The van der Waals surface area contributed by atoms with E-state index in [1.54, 1.807) is 14.0 Å². The Morgan fingerprint density at radius 3 is 2.65 bits per heavy atom. The van der Waals surface area contributed by atoms with Gasteiger partial charge in [-0.1, -0.05) is 12.1 Å². The zero-order chi connectivity index (χ0) is 14.5. The second-order valence-electron chi connectivity index (χ2n) is 4.31. The number of anilines is 1. The zero-order valence-electron chi connectivity index (χ0n) is 11.3. The maximum atomic E-state index is 10.9. The van der Waals surface area contributed by atoms with Gasteiger partial charge in [0.2, 0.25) is 0 Å². The van der Waals surface area contributed by atoms with Crippen LogP contribution in [0.4, 0.5) is 11.5 Å². The molecule has 104 valence electrons. The van der Waals surface area contributed by atoms with Crippen LogP contribution in [-0.2, 0) is 6.54 Å². The third kappa shape index (κ3) is 3.23. The molecule has 0 aliphatic carbocycles. The maximum absolute atomic E-state index is 10.9.